The van der Waals surface area contributed by atoms with Gasteiger partial charge in [-0.05, 0) is 38.8 Å². The number of rotatable bonds is 9. The van der Waals surface area contributed by atoms with E-state index >= 15 is 0 Å². The Labute approximate surface area is 101 Å². The van der Waals surface area contributed by atoms with Crippen LogP contribution in [0.4, 0.5) is 0 Å². The maximum atomic E-state index is 5.49. The smallest absolute Gasteiger partial charge is 0.0478 e. The summed E-state index contributed by atoms with van der Waals surface area (Å²) in [5.41, 5.74) is 0. The highest BCUT2D eigenvalue weighted by Crippen LogP contribution is 2.09. The fourth-order valence-corrected chi connectivity index (χ4v) is 2.19. The molecule has 1 rings (SSSR count). The molecule has 0 bridgehead atoms. The fraction of sp³-hybridized carbons (Fsp3) is 1.00. The van der Waals surface area contributed by atoms with Crippen LogP contribution in [0.5, 0.6) is 0 Å². The largest absolute Gasteiger partial charge is 0.381 e. The van der Waals surface area contributed by atoms with Crippen LogP contribution >= 0.6 is 0 Å². The van der Waals surface area contributed by atoms with E-state index in [9.17, 15) is 0 Å². The zero-order valence-corrected chi connectivity index (χ0v) is 11.0. The SMILES string of the molecule is CCCNC1CCN(CCCOCCC)C1. The molecule has 1 saturated heterocycles. The van der Waals surface area contributed by atoms with Crippen LogP contribution in [0.2, 0.25) is 0 Å². The molecule has 3 nitrogen and oxygen atoms in total. The lowest BCUT2D eigenvalue weighted by atomic mass is 10.2. The second-order valence-electron chi connectivity index (χ2n) is 4.71. The summed E-state index contributed by atoms with van der Waals surface area (Å²) in [6.07, 6.45) is 4.87. The Balaban J connectivity index is 1.94. The molecule has 1 heterocycles. The Morgan fingerprint density at radius 1 is 1.25 bits per heavy atom. The van der Waals surface area contributed by atoms with E-state index in [0.29, 0.717) is 0 Å². The van der Waals surface area contributed by atoms with Gasteiger partial charge in [0.2, 0.25) is 0 Å². The van der Waals surface area contributed by atoms with Crippen LogP contribution in [0.1, 0.15) is 39.5 Å². The van der Waals surface area contributed by atoms with Crippen LogP contribution in [0.25, 0.3) is 0 Å². The maximum Gasteiger partial charge on any atom is 0.0478 e. The molecule has 0 amide bonds. The number of ether oxygens (including phenoxy) is 1. The summed E-state index contributed by atoms with van der Waals surface area (Å²) in [6.45, 7) is 11.1. The molecular formula is C13H28N2O. The first-order valence-electron chi connectivity index (χ1n) is 6.90. The van der Waals surface area contributed by atoms with Gasteiger partial charge in [-0.15, -0.1) is 0 Å². The van der Waals surface area contributed by atoms with Gasteiger partial charge in [0.25, 0.3) is 0 Å². The molecule has 0 saturated carbocycles. The topological polar surface area (TPSA) is 24.5 Å². The van der Waals surface area contributed by atoms with Crippen LogP contribution in [-0.2, 0) is 4.74 Å². The van der Waals surface area contributed by atoms with E-state index in [1.807, 2.05) is 0 Å². The predicted molar refractivity (Wildman–Crippen MR) is 68.9 cm³/mol. The Bertz CT molecular complexity index is 164. The van der Waals surface area contributed by atoms with Gasteiger partial charge in [-0.3, -0.25) is 0 Å². The molecule has 96 valence electrons. The van der Waals surface area contributed by atoms with Crippen LogP contribution in [-0.4, -0.2) is 50.3 Å². The van der Waals surface area contributed by atoms with Crippen molar-refractivity contribution in [1.29, 1.82) is 0 Å². The fourth-order valence-electron chi connectivity index (χ4n) is 2.19. The van der Waals surface area contributed by atoms with Gasteiger partial charge in [0.1, 0.15) is 0 Å². The van der Waals surface area contributed by atoms with Crippen molar-refractivity contribution >= 4 is 0 Å². The predicted octanol–water partition coefficient (Wildman–Crippen LogP) is 1.88. The lowest BCUT2D eigenvalue weighted by Gasteiger charge is -2.16. The van der Waals surface area contributed by atoms with Crippen LogP contribution < -0.4 is 5.32 Å². The van der Waals surface area contributed by atoms with Crippen molar-refractivity contribution < 1.29 is 4.74 Å². The zero-order chi connectivity index (χ0) is 11.6. The molecule has 1 atom stereocenters. The maximum absolute atomic E-state index is 5.49. The summed E-state index contributed by atoms with van der Waals surface area (Å²) in [5, 5.41) is 3.60. The van der Waals surface area contributed by atoms with Crippen LogP contribution in [0.3, 0.4) is 0 Å². The van der Waals surface area contributed by atoms with Crippen molar-refractivity contribution in [3.63, 3.8) is 0 Å². The van der Waals surface area contributed by atoms with Gasteiger partial charge in [-0.1, -0.05) is 13.8 Å². The van der Waals surface area contributed by atoms with Crippen molar-refractivity contribution in [2.75, 3.05) is 39.4 Å². The molecule has 0 aromatic carbocycles. The van der Waals surface area contributed by atoms with Crippen molar-refractivity contribution in [3.8, 4) is 0 Å². The lowest BCUT2D eigenvalue weighted by molar-refractivity contribution is 0.124. The monoisotopic (exact) mass is 228 g/mol. The molecule has 1 aliphatic rings. The van der Waals surface area contributed by atoms with Gasteiger partial charge < -0.3 is 15.0 Å². The van der Waals surface area contributed by atoms with Crippen LogP contribution in [0, 0.1) is 0 Å². The average Bonchev–Trinajstić information content (AvgIpc) is 2.74. The Morgan fingerprint density at radius 3 is 2.88 bits per heavy atom. The van der Waals surface area contributed by atoms with Gasteiger partial charge in [-0.25, -0.2) is 0 Å². The van der Waals surface area contributed by atoms with Gasteiger partial charge in [-0.2, -0.15) is 0 Å². The van der Waals surface area contributed by atoms with Crippen molar-refractivity contribution in [1.82, 2.24) is 10.2 Å². The van der Waals surface area contributed by atoms with Crippen molar-refractivity contribution in [3.05, 3.63) is 0 Å². The van der Waals surface area contributed by atoms with Gasteiger partial charge >= 0.3 is 0 Å². The average molecular weight is 228 g/mol. The summed E-state index contributed by atoms with van der Waals surface area (Å²) in [7, 11) is 0. The minimum absolute atomic E-state index is 0.733. The Morgan fingerprint density at radius 2 is 2.12 bits per heavy atom. The molecule has 1 N–H and O–H groups in total. The van der Waals surface area contributed by atoms with Gasteiger partial charge in [0, 0.05) is 32.3 Å². The molecule has 0 aromatic heterocycles. The van der Waals surface area contributed by atoms with E-state index < -0.39 is 0 Å². The summed E-state index contributed by atoms with van der Waals surface area (Å²) in [5.74, 6) is 0. The molecule has 0 aromatic rings. The van der Waals surface area contributed by atoms with Crippen molar-refractivity contribution in [2.45, 2.75) is 45.6 Å². The van der Waals surface area contributed by atoms with Gasteiger partial charge in [0.05, 0.1) is 0 Å². The first kappa shape index (κ1) is 13.9. The third-order valence-corrected chi connectivity index (χ3v) is 3.07. The number of likely N-dealkylation sites (tertiary alicyclic amines) is 1. The second-order valence-corrected chi connectivity index (χ2v) is 4.71. The Hall–Kier alpha value is -0.120. The molecule has 1 aliphatic heterocycles. The normalized spacial score (nSPS) is 21.8. The van der Waals surface area contributed by atoms with E-state index in [4.69, 9.17) is 4.74 Å². The summed E-state index contributed by atoms with van der Waals surface area (Å²) in [4.78, 5) is 2.56. The molecule has 0 radical (unpaired) electrons. The Kier molecular flexibility index (Phi) is 7.81. The number of nitrogens with one attached hydrogen (secondary N) is 1. The number of hydrogen-bond acceptors (Lipinski definition) is 3. The highest BCUT2D eigenvalue weighted by atomic mass is 16.5. The first-order valence-corrected chi connectivity index (χ1v) is 6.90. The minimum atomic E-state index is 0.733. The molecule has 3 heteroatoms. The number of hydrogen-bond donors (Lipinski definition) is 1. The second kappa shape index (κ2) is 8.97. The standard InChI is InChI=1S/C13H28N2O/c1-3-7-14-13-6-9-15(12-13)8-5-11-16-10-4-2/h13-14H,3-12H2,1-2H3. The van der Waals surface area contributed by atoms with Crippen molar-refractivity contribution in [2.24, 2.45) is 0 Å². The van der Waals surface area contributed by atoms with E-state index in [0.717, 1.165) is 32.2 Å². The van der Waals surface area contributed by atoms with Gasteiger partial charge in [0.15, 0.2) is 0 Å². The molecule has 1 fully saturated rings. The lowest BCUT2D eigenvalue weighted by Crippen LogP contribution is -2.33. The molecule has 1 unspecified atom stereocenters. The zero-order valence-electron chi connectivity index (χ0n) is 11.0. The summed E-state index contributed by atoms with van der Waals surface area (Å²) < 4.78 is 5.49. The van der Waals surface area contributed by atoms with E-state index in [1.165, 1.54) is 38.9 Å². The highest BCUT2D eigenvalue weighted by molar-refractivity contribution is 4.80. The molecular weight excluding hydrogens is 200 g/mol. The van der Waals surface area contributed by atoms with E-state index in [1.54, 1.807) is 0 Å². The van der Waals surface area contributed by atoms with E-state index in [-0.39, 0.29) is 0 Å². The summed E-state index contributed by atoms with van der Waals surface area (Å²) >= 11 is 0. The molecule has 0 spiro atoms. The van der Waals surface area contributed by atoms with E-state index in [2.05, 4.69) is 24.1 Å². The third kappa shape index (κ3) is 5.83. The number of nitrogens with zero attached hydrogens (tertiary/aromatic N) is 1. The first-order chi connectivity index (χ1) is 7.86. The third-order valence-electron chi connectivity index (χ3n) is 3.07. The molecule has 16 heavy (non-hydrogen) atoms. The summed E-state index contributed by atoms with van der Waals surface area (Å²) in [6, 6.07) is 0.733. The minimum Gasteiger partial charge on any atom is -0.381 e. The highest BCUT2D eigenvalue weighted by Gasteiger charge is 2.20. The van der Waals surface area contributed by atoms with Crippen LogP contribution in [0.15, 0.2) is 0 Å². The molecule has 0 aliphatic carbocycles. The quantitative estimate of drug-likeness (QED) is 0.610.